The predicted molar refractivity (Wildman–Crippen MR) is 83.6 cm³/mol. The molecular formula is C16H23N3O4. The standard InChI is InChI=1S/C16H23N3O4/c1-11(20)19-14(12-5-2-3-6-12)16(22)18-9-8-17-15(21)13-7-4-10-23-13/h4,7,10,12,14H,2-3,5-6,8-9H2,1H3,(H,17,21)(H,18,22)(H,19,20). The third-order valence-corrected chi connectivity index (χ3v) is 3.97. The molecular weight excluding hydrogens is 298 g/mol. The van der Waals surface area contributed by atoms with Crippen LogP contribution in [0.3, 0.4) is 0 Å². The summed E-state index contributed by atoms with van der Waals surface area (Å²) in [4.78, 5) is 35.3. The van der Waals surface area contributed by atoms with Gasteiger partial charge in [-0.15, -0.1) is 0 Å². The van der Waals surface area contributed by atoms with Crippen molar-refractivity contribution in [3.63, 3.8) is 0 Å². The molecule has 1 aromatic rings. The van der Waals surface area contributed by atoms with Crippen molar-refractivity contribution in [3.05, 3.63) is 24.2 Å². The summed E-state index contributed by atoms with van der Waals surface area (Å²) in [7, 11) is 0. The fraction of sp³-hybridized carbons (Fsp3) is 0.562. The molecule has 0 spiro atoms. The monoisotopic (exact) mass is 321 g/mol. The average molecular weight is 321 g/mol. The molecule has 23 heavy (non-hydrogen) atoms. The van der Waals surface area contributed by atoms with E-state index in [4.69, 9.17) is 4.42 Å². The minimum Gasteiger partial charge on any atom is -0.459 e. The Morgan fingerprint density at radius 3 is 2.52 bits per heavy atom. The molecule has 1 aliphatic rings. The molecule has 7 heteroatoms. The highest BCUT2D eigenvalue weighted by molar-refractivity contribution is 5.91. The summed E-state index contributed by atoms with van der Waals surface area (Å²) in [5.41, 5.74) is 0. The summed E-state index contributed by atoms with van der Waals surface area (Å²) in [5.74, 6) is -0.295. The van der Waals surface area contributed by atoms with E-state index < -0.39 is 6.04 Å². The van der Waals surface area contributed by atoms with Gasteiger partial charge in [-0.1, -0.05) is 12.8 Å². The topological polar surface area (TPSA) is 100 Å². The Balaban J connectivity index is 1.75. The lowest BCUT2D eigenvalue weighted by atomic mass is 9.97. The van der Waals surface area contributed by atoms with E-state index in [9.17, 15) is 14.4 Å². The summed E-state index contributed by atoms with van der Waals surface area (Å²) < 4.78 is 4.98. The van der Waals surface area contributed by atoms with Crippen LogP contribution in [0.5, 0.6) is 0 Å². The number of amides is 3. The maximum Gasteiger partial charge on any atom is 0.287 e. The zero-order valence-corrected chi connectivity index (χ0v) is 13.3. The van der Waals surface area contributed by atoms with E-state index in [1.807, 2.05) is 0 Å². The van der Waals surface area contributed by atoms with Gasteiger partial charge < -0.3 is 20.4 Å². The number of furan rings is 1. The van der Waals surface area contributed by atoms with Gasteiger partial charge in [0.25, 0.3) is 5.91 Å². The quantitative estimate of drug-likeness (QED) is 0.647. The van der Waals surface area contributed by atoms with Crippen LogP contribution < -0.4 is 16.0 Å². The van der Waals surface area contributed by atoms with Gasteiger partial charge in [0.1, 0.15) is 6.04 Å². The van der Waals surface area contributed by atoms with E-state index in [2.05, 4.69) is 16.0 Å². The number of carbonyl (C=O) groups excluding carboxylic acids is 3. The third-order valence-electron chi connectivity index (χ3n) is 3.97. The van der Waals surface area contributed by atoms with Crippen LogP contribution in [-0.4, -0.2) is 36.9 Å². The second kappa shape index (κ2) is 8.36. The van der Waals surface area contributed by atoms with E-state index in [1.54, 1.807) is 12.1 Å². The van der Waals surface area contributed by atoms with Crippen molar-refractivity contribution in [3.8, 4) is 0 Å². The van der Waals surface area contributed by atoms with Crippen molar-refractivity contribution < 1.29 is 18.8 Å². The van der Waals surface area contributed by atoms with Crippen LogP contribution in [0.2, 0.25) is 0 Å². The van der Waals surface area contributed by atoms with E-state index in [0.717, 1.165) is 25.7 Å². The molecule has 0 saturated heterocycles. The molecule has 1 heterocycles. The van der Waals surface area contributed by atoms with Crippen LogP contribution in [0, 0.1) is 5.92 Å². The maximum absolute atomic E-state index is 12.3. The smallest absolute Gasteiger partial charge is 0.287 e. The molecule has 1 saturated carbocycles. The lowest BCUT2D eigenvalue weighted by Gasteiger charge is -2.23. The van der Waals surface area contributed by atoms with Gasteiger partial charge in [0.2, 0.25) is 11.8 Å². The number of nitrogens with one attached hydrogen (secondary N) is 3. The minimum atomic E-state index is -0.490. The Kier molecular flexibility index (Phi) is 6.19. The Morgan fingerprint density at radius 2 is 1.91 bits per heavy atom. The van der Waals surface area contributed by atoms with E-state index in [0.29, 0.717) is 13.1 Å². The lowest BCUT2D eigenvalue weighted by Crippen LogP contribution is -2.51. The fourth-order valence-electron chi connectivity index (χ4n) is 2.87. The normalized spacial score (nSPS) is 15.9. The van der Waals surface area contributed by atoms with Crippen LogP contribution in [0.4, 0.5) is 0 Å². The van der Waals surface area contributed by atoms with Gasteiger partial charge in [-0.25, -0.2) is 0 Å². The summed E-state index contributed by atoms with van der Waals surface area (Å²) >= 11 is 0. The van der Waals surface area contributed by atoms with Gasteiger partial charge in [-0.2, -0.15) is 0 Å². The number of carbonyl (C=O) groups is 3. The molecule has 1 aliphatic carbocycles. The Morgan fingerprint density at radius 1 is 1.22 bits per heavy atom. The summed E-state index contributed by atoms with van der Waals surface area (Å²) in [6.07, 6.45) is 5.51. The van der Waals surface area contributed by atoms with Crippen molar-refractivity contribution in [1.29, 1.82) is 0 Å². The number of rotatable bonds is 7. The Hall–Kier alpha value is -2.31. The van der Waals surface area contributed by atoms with Crippen molar-refractivity contribution in [2.45, 2.75) is 38.6 Å². The molecule has 3 N–H and O–H groups in total. The van der Waals surface area contributed by atoms with Crippen LogP contribution >= 0.6 is 0 Å². The molecule has 1 unspecified atom stereocenters. The van der Waals surface area contributed by atoms with Crippen LogP contribution in [0.15, 0.2) is 22.8 Å². The van der Waals surface area contributed by atoms with Gasteiger partial charge in [-0.05, 0) is 30.9 Å². The van der Waals surface area contributed by atoms with E-state index in [1.165, 1.54) is 13.2 Å². The Labute approximate surface area is 135 Å². The molecule has 2 rings (SSSR count). The van der Waals surface area contributed by atoms with Gasteiger partial charge in [0.05, 0.1) is 6.26 Å². The van der Waals surface area contributed by atoms with Crippen LogP contribution in [0.1, 0.15) is 43.2 Å². The fourth-order valence-corrected chi connectivity index (χ4v) is 2.87. The molecule has 0 aliphatic heterocycles. The van der Waals surface area contributed by atoms with Gasteiger partial charge in [0.15, 0.2) is 5.76 Å². The van der Waals surface area contributed by atoms with Crippen molar-refractivity contribution in [2.24, 2.45) is 5.92 Å². The third kappa shape index (κ3) is 5.12. The molecule has 1 atom stereocenters. The molecule has 7 nitrogen and oxygen atoms in total. The van der Waals surface area contributed by atoms with Crippen LogP contribution in [-0.2, 0) is 9.59 Å². The largest absolute Gasteiger partial charge is 0.459 e. The zero-order chi connectivity index (χ0) is 16.7. The molecule has 0 aromatic carbocycles. The highest BCUT2D eigenvalue weighted by Crippen LogP contribution is 2.27. The number of hydrogen-bond donors (Lipinski definition) is 3. The summed E-state index contributed by atoms with van der Waals surface area (Å²) in [6, 6.07) is 2.72. The number of hydrogen-bond acceptors (Lipinski definition) is 4. The lowest BCUT2D eigenvalue weighted by molar-refractivity contribution is -0.129. The maximum atomic E-state index is 12.3. The first-order valence-electron chi connectivity index (χ1n) is 7.94. The van der Waals surface area contributed by atoms with E-state index >= 15 is 0 Å². The van der Waals surface area contributed by atoms with Gasteiger partial charge in [-0.3, -0.25) is 14.4 Å². The highest BCUT2D eigenvalue weighted by atomic mass is 16.3. The first kappa shape index (κ1) is 17.1. The van der Waals surface area contributed by atoms with Crippen molar-refractivity contribution in [2.75, 3.05) is 13.1 Å². The second-order valence-electron chi connectivity index (χ2n) is 5.75. The molecule has 1 aromatic heterocycles. The first-order chi connectivity index (χ1) is 11.1. The average Bonchev–Trinajstić information content (AvgIpc) is 3.21. The van der Waals surface area contributed by atoms with Crippen LogP contribution in [0.25, 0.3) is 0 Å². The minimum absolute atomic E-state index is 0.191. The predicted octanol–water partition coefficient (Wildman–Crippen LogP) is 0.820. The summed E-state index contributed by atoms with van der Waals surface area (Å²) in [5, 5.41) is 8.16. The zero-order valence-electron chi connectivity index (χ0n) is 13.3. The SMILES string of the molecule is CC(=O)NC(C(=O)NCCNC(=O)c1ccco1)C1CCCC1. The highest BCUT2D eigenvalue weighted by Gasteiger charge is 2.30. The second-order valence-corrected chi connectivity index (χ2v) is 5.75. The van der Waals surface area contributed by atoms with Crippen molar-refractivity contribution in [1.82, 2.24) is 16.0 Å². The molecule has 0 radical (unpaired) electrons. The van der Waals surface area contributed by atoms with Crippen molar-refractivity contribution >= 4 is 17.7 Å². The molecule has 0 bridgehead atoms. The molecule has 126 valence electrons. The van der Waals surface area contributed by atoms with E-state index in [-0.39, 0.29) is 29.4 Å². The molecule has 3 amide bonds. The molecule has 1 fully saturated rings. The summed E-state index contributed by atoms with van der Waals surface area (Å²) in [6.45, 7) is 2.01. The van der Waals surface area contributed by atoms with Gasteiger partial charge in [0, 0.05) is 20.0 Å². The Bertz CT molecular complexity index is 536. The van der Waals surface area contributed by atoms with Gasteiger partial charge >= 0.3 is 0 Å². The first-order valence-corrected chi connectivity index (χ1v) is 7.94.